The van der Waals surface area contributed by atoms with E-state index < -0.39 is 8.80 Å². The smallest absolute Gasteiger partial charge is 0.394 e. The van der Waals surface area contributed by atoms with Crippen LogP contribution in [0, 0.1) is 0 Å². The van der Waals surface area contributed by atoms with Crippen LogP contribution in [0.4, 0.5) is 0 Å². The fraction of sp³-hybridized carbons (Fsp3) is 1.00. The van der Waals surface area contributed by atoms with Crippen LogP contribution in [0.2, 0.25) is 5.54 Å². The molecule has 0 amide bonds. The maximum Gasteiger partial charge on any atom is 0.503 e. The van der Waals surface area contributed by atoms with E-state index in [1.807, 2.05) is 6.92 Å². The SMILES string of the molecule is CCO[Si]1(C(C)C)OCCOC(COCCOCCO)CCO1. The van der Waals surface area contributed by atoms with Crippen LogP contribution < -0.4 is 0 Å². The Kier molecular flexibility index (Phi) is 11.2. The van der Waals surface area contributed by atoms with Gasteiger partial charge >= 0.3 is 8.80 Å². The van der Waals surface area contributed by atoms with Crippen molar-refractivity contribution in [2.75, 3.05) is 59.5 Å². The molecule has 8 heteroatoms. The molecule has 1 heterocycles. The first-order chi connectivity index (χ1) is 11.1. The molecule has 0 aromatic carbocycles. The van der Waals surface area contributed by atoms with E-state index in [0.29, 0.717) is 52.9 Å². The van der Waals surface area contributed by atoms with E-state index in [9.17, 15) is 0 Å². The highest BCUT2D eigenvalue weighted by Gasteiger charge is 2.45. The summed E-state index contributed by atoms with van der Waals surface area (Å²) in [5.41, 5.74) is 0.221. The van der Waals surface area contributed by atoms with E-state index in [1.54, 1.807) is 0 Å². The number of ether oxygens (including phenoxy) is 3. The summed E-state index contributed by atoms with van der Waals surface area (Å²) in [7, 11) is -2.62. The Bertz CT molecular complexity index is 293. The molecule has 0 saturated carbocycles. The molecule has 23 heavy (non-hydrogen) atoms. The van der Waals surface area contributed by atoms with Crippen molar-refractivity contribution in [3.05, 3.63) is 0 Å². The van der Waals surface area contributed by atoms with Crippen molar-refractivity contribution in [1.29, 1.82) is 0 Å². The Hall–Kier alpha value is -0.0631. The van der Waals surface area contributed by atoms with E-state index in [-0.39, 0.29) is 18.3 Å². The van der Waals surface area contributed by atoms with Crippen LogP contribution in [0.3, 0.4) is 0 Å². The van der Waals surface area contributed by atoms with Crippen molar-refractivity contribution in [2.45, 2.75) is 38.8 Å². The zero-order chi connectivity index (χ0) is 17.0. The highest BCUT2D eigenvalue weighted by molar-refractivity contribution is 6.62. The number of hydrogen-bond donors (Lipinski definition) is 1. The van der Waals surface area contributed by atoms with Gasteiger partial charge in [0, 0.05) is 18.8 Å². The largest absolute Gasteiger partial charge is 0.503 e. The lowest BCUT2D eigenvalue weighted by Gasteiger charge is -2.31. The molecule has 138 valence electrons. The van der Waals surface area contributed by atoms with Gasteiger partial charge < -0.3 is 32.6 Å². The van der Waals surface area contributed by atoms with Gasteiger partial charge in [0.15, 0.2) is 0 Å². The molecule has 1 rings (SSSR count). The zero-order valence-corrected chi connectivity index (χ0v) is 15.6. The van der Waals surface area contributed by atoms with Crippen molar-refractivity contribution in [3.8, 4) is 0 Å². The van der Waals surface area contributed by atoms with Gasteiger partial charge in [-0.3, -0.25) is 0 Å². The highest BCUT2D eigenvalue weighted by Crippen LogP contribution is 2.26. The molecule has 1 aliphatic rings. The van der Waals surface area contributed by atoms with Gasteiger partial charge in [-0.25, -0.2) is 0 Å². The summed E-state index contributed by atoms with van der Waals surface area (Å²) in [6.07, 6.45) is 0.727. The molecule has 0 bridgehead atoms. The van der Waals surface area contributed by atoms with Gasteiger partial charge in [-0.15, -0.1) is 0 Å². The molecule has 1 fully saturated rings. The normalized spacial score (nSPS) is 26.7. The van der Waals surface area contributed by atoms with Crippen LogP contribution in [0.5, 0.6) is 0 Å². The van der Waals surface area contributed by atoms with E-state index >= 15 is 0 Å². The molecule has 1 N–H and O–H groups in total. The summed E-state index contributed by atoms with van der Waals surface area (Å²) < 4.78 is 34.4. The predicted octanol–water partition coefficient (Wildman–Crippen LogP) is 1.22. The van der Waals surface area contributed by atoms with Crippen molar-refractivity contribution < 1.29 is 32.6 Å². The molecule has 0 aromatic rings. The van der Waals surface area contributed by atoms with Crippen molar-refractivity contribution in [3.63, 3.8) is 0 Å². The molecule has 1 saturated heterocycles. The molecule has 2 unspecified atom stereocenters. The Morgan fingerprint density at radius 3 is 2.52 bits per heavy atom. The minimum Gasteiger partial charge on any atom is -0.394 e. The maximum absolute atomic E-state index is 8.61. The van der Waals surface area contributed by atoms with Crippen LogP contribution >= 0.6 is 0 Å². The lowest BCUT2D eigenvalue weighted by Crippen LogP contribution is -2.49. The Balaban J connectivity index is 2.34. The third kappa shape index (κ3) is 8.04. The Morgan fingerprint density at radius 2 is 1.83 bits per heavy atom. The van der Waals surface area contributed by atoms with Gasteiger partial charge in [-0.1, -0.05) is 13.8 Å². The van der Waals surface area contributed by atoms with E-state index in [4.69, 9.17) is 32.6 Å². The second-order valence-corrected chi connectivity index (χ2v) is 8.81. The average Bonchev–Trinajstić information content (AvgIpc) is 2.62. The standard InChI is InChI=1S/C15H32O7Si/c1-4-20-23(14(2)3)21-7-5-15(19-11-12-22-23)13-18-10-9-17-8-6-16/h14-16H,4-13H2,1-3H3. The van der Waals surface area contributed by atoms with Crippen molar-refractivity contribution in [2.24, 2.45) is 0 Å². The van der Waals surface area contributed by atoms with Gasteiger partial charge in [0.25, 0.3) is 0 Å². The monoisotopic (exact) mass is 352 g/mol. The topological polar surface area (TPSA) is 75.6 Å². The lowest BCUT2D eigenvalue weighted by atomic mass is 10.3. The number of rotatable bonds is 10. The summed E-state index contributed by atoms with van der Waals surface area (Å²) >= 11 is 0. The van der Waals surface area contributed by atoms with Gasteiger partial charge in [0.05, 0.1) is 52.4 Å². The fourth-order valence-corrected chi connectivity index (χ4v) is 4.69. The summed E-state index contributed by atoms with van der Waals surface area (Å²) in [6.45, 7) is 10.1. The fourth-order valence-electron chi connectivity index (χ4n) is 2.27. The quantitative estimate of drug-likeness (QED) is 0.468. The zero-order valence-electron chi connectivity index (χ0n) is 14.6. The summed E-state index contributed by atoms with van der Waals surface area (Å²) in [4.78, 5) is 0. The number of aliphatic hydroxyl groups is 1. The second-order valence-electron chi connectivity index (χ2n) is 5.58. The molecular weight excluding hydrogens is 320 g/mol. The molecular formula is C15H32O7Si. The van der Waals surface area contributed by atoms with Gasteiger partial charge in [0.2, 0.25) is 0 Å². The predicted molar refractivity (Wildman–Crippen MR) is 87.5 cm³/mol. The molecule has 0 aromatic heterocycles. The van der Waals surface area contributed by atoms with Crippen LogP contribution in [-0.4, -0.2) is 79.5 Å². The third-order valence-electron chi connectivity index (χ3n) is 3.45. The van der Waals surface area contributed by atoms with E-state index in [2.05, 4.69) is 13.8 Å². The Morgan fingerprint density at radius 1 is 1.09 bits per heavy atom. The molecule has 0 aliphatic carbocycles. The van der Waals surface area contributed by atoms with Gasteiger partial charge in [0.1, 0.15) is 0 Å². The summed E-state index contributed by atoms with van der Waals surface area (Å²) in [5.74, 6) is 0. The van der Waals surface area contributed by atoms with Crippen LogP contribution in [0.1, 0.15) is 27.2 Å². The molecule has 7 nitrogen and oxygen atoms in total. The van der Waals surface area contributed by atoms with E-state index in [1.165, 1.54) is 0 Å². The number of aliphatic hydroxyl groups excluding tert-OH is 1. The molecule has 1 aliphatic heterocycles. The molecule has 0 spiro atoms. The van der Waals surface area contributed by atoms with Gasteiger partial charge in [-0.2, -0.15) is 0 Å². The molecule has 0 radical (unpaired) electrons. The first kappa shape index (κ1) is 21.0. The summed E-state index contributed by atoms with van der Waals surface area (Å²) in [6, 6.07) is 0. The first-order valence-corrected chi connectivity index (χ1v) is 10.2. The minimum absolute atomic E-state index is 0.0185. The van der Waals surface area contributed by atoms with E-state index in [0.717, 1.165) is 6.42 Å². The van der Waals surface area contributed by atoms with Crippen LogP contribution in [-0.2, 0) is 27.5 Å². The Labute approximate surface area is 140 Å². The van der Waals surface area contributed by atoms with Crippen molar-refractivity contribution in [1.82, 2.24) is 0 Å². The van der Waals surface area contributed by atoms with Crippen LogP contribution in [0.25, 0.3) is 0 Å². The average molecular weight is 353 g/mol. The van der Waals surface area contributed by atoms with Crippen LogP contribution in [0.15, 0.2) is 0 Å². The lowest BCUT2D eigenvalue weighted by molar-refractivity contribution is -0.0418. The second kappa shape index (κ2) is 12.3. The highest BCUT2D eigenvalue weighted by atomic mass is 28.4. The summed E-state index contributed by atoms with van der Waals surface area (Å²) in [5, 5.41) is 8.61. The number of hydrogen-bond acceptors (Lipinski definition) is 7. The molecule has 2 atom stereocenters. The minimum atomic E-state index is -2.62. The van der Waals surface area contributed by atoms with Crippen molar-refractivity contribution >= 4 is 8.80 Å². The third-order valence-corrected chi connectivity index (χ3v) is 6.77. The first-order valence-electron chi connectivity index (χ1n) is 8.44. The van der Waals surface area contributed by atoms with Gasteiger partial charge in [-0.05, 0) is 13.3 Å². The maximum atomic E-state index is 8.61.